The van der Waals surface area contributed by atoms with Gasteiger partial charge in [-0.05, 0) is 24.3 Å². The molecule has 0 radical (unpaired) electrons. The summed E-state index contributed by atoms with van der Waals surface area (Å²) in [5.74, 6) is -2.03. The second-order valence-electron chi connectivity index (χ2n) is 5.56. The molecule has 4 aromatic rings. The van der Waals surface area contributed by atoms with Crippen LogP contribution in [0.4, 0.5) is 26.4 Å². The first-order valence-electron chi connectivity index (χ1n) is 7.90. The van der Waals surface area contributed by atoms with E-state index in [0.29, 0.717) is 22.5 Å². The van der Waals surface area contributed by atoms with Crippen molar-refractivity contribution in [3.05, 3.63) is 71.9 Å². The summed E-state index contributed by atoms with van der Waals surface area (Å²) in [5, 5.41) is 12.7. The normalized spacial score (nSPS) is 10.7. The average Bonchev–Trinajstić information content (AvgIpc) is 3.14. The largest absolute Gasteiger partial charge is 0.325 e. The van der Waals surface area contributed by atoms with E-state index in [9.17, 15) is 13.6 Å². The van der Waals surface area contributed by atoms with Gasteiger partial charge in [0.05, 0.1) is 11.7 Å². The third-order valence-electron chi connectivity index (χ3n) is 3.77. The number of hydrogen-bond acceptors (Lipinski definition) is 5. The molecule has 7 nitrogen and oxygen atoms in total. The molecule has 4 rings (SSSR count). The third kappa shape index (κ3) is 3.30. The molecule has 0 fully saturated rings. The molecule has 3 N–H and O–H groups in total. The summed E-state index contributed by atoms with van der Waals surface area (Å²) in [5.41, 5.74) is -0.156. The molecule has 0 aliphatic rings. The van der Waals surface area contributed by atoms with E-state index in [4.69, 9.17) is 0 Å². The highest BCUT2D eigenvalue weighted by Crippen LogP contribution is 2.24. The van der Waals surface area contributed by atoms with Crippen molar-refractivity contribution in [2.75, 3.05) is 10.6 Å². The Hall–Kier alpha value is -3.88. The lowest BCUT2D eigenvalue weighted by molar-refractivity contribution is 0.101. The van der Waals surface area contributed by atoms with Gasteiger partial charge >= 0.3 is 0 Å². The molecule has 134 valence electrons. The molecule has 0 bridgehead atoms. The number of carbonyl (C=O) groups is 1. The fourth-order valence-corrected chi connectivity index (χ4v) is 2.56. The molecule has 0 unspecified atom stereocenters. The number of aromatic amines is 1. The molecule has 0 aliphatic carbocycles. The number of halogens is 2. The summed E-state index contributed by atoms with van der Waals surface area (Å²) in [6, 6.07) is 12.0. The molecular weight excluding hydrogens is 354 g/mol. The van der Waals surface area contributed by atoms with Gasteiger partial charge in [0.2, 0.25) is 5.95 Å². The molecule has 0 atom stereocenters. The number of rotatable bonds is 4. The maximum Gasteiger partial charge on any atom is 0.263 e. The molecule has 0 saturated heterocycles. The Labute approximate surface area is 151 Å². The van der Waals surface area contributed by atoms with Crippen molar-refractivity contribution in [2.24, 2.45) is 0 Å². The molecule has 2 aromatic heterocycles. The zero-order valence-electron chi connectivity index (χ0n) is 13.7. The van der Waals surface area contributed by atoms with Gasteiger partial charge in [0.1, 0.15) is 28.8 Å². The standard InChI is InChI=1S/C18H12F2N6O/c19-11-5-3-6-12(20)15(11)17(27)25-18-22-13-7-2-1-4-10(13)16(24-18)23-14-8-9-21-26-14/h1-9H,(H3,21,22,23,24,25,26,27). The van der Waals surface area contributed by atoms with E-state index in [1.165, 1.54) is 6.07 Å². The second-order valence-corrected chi connectivity index (χ2v) is 5.56. The van der Waals surface area contributed by atoms with Crippen molar-refractivity contribution < 1.29 is 13.6 Å². The van der Waals surface area contributed by atoms with Crippen LogP contribution in [0.2, 0.25) is 0 Å². The molecule has 2 aromatic carbocycles. The minimum Gasteiger partial charge on any atom is -0.325 e. The van der Waals surface area contributed by atoms with Crippen molar-refractivity contribution >= 4 is 34.4 Å². The molecule has 9 heteroatoms. The number of carbonyl (C=O) groups excluding carboxylic acids is 1. The first-order valence-corrected chi connectivity index (χ1v) is 7.90. The maximum atomic E-state index is 13.8. The van der Waals surface area contributed by atoms with Crippen LogP contribution in [-0.4, -0.2) is 26.1 Å². The van der Waals surface area contributed by atoms with Gasteiger partial charge in [0.15, 0.2) is 0 Å². The predicted molar refractivity (Wildman–Crippen MR) is 95.7 cm³/mol. The van der Waals surface area contributed by atoms with Gasteiger partial charge < -0.3 is 5.32 Å². The lowest BCUT2D eigenvalue weighted by Crippen LogP contribution is -2.18. The number of H-pyrrole nitrogens is 1. The summed E-state index contributed by atoms with van der Waals surface area (Å²) in [6.45, 7) is 0. The van der Waals surface area contributed by atoms with Gasteiger partial charge in [-0.25, -0.2) is 13.8 Å². The van der Waals surface area contributed by atoms with E-state index >= 15 is 0 Å². The molecule has 0 aliphatic heterocycles. The van der Waals surface area contributed by atoms with Crippen molar-refractivity contribution in [1.82, 2.24) is 20.2 Å². The van der Waals surface area contributed by atoms with E-state index in [-0.39, 0.29) is 5.95 Å². The highest BCUT2D eigenvalue weighted by Gasteiger charge is 2.19. The summed E-state index contributed by atoms with van der Waals surface area (Å²) in [4.78, 5) is 20.8. The van der Waals surface area contributed by atoms with Crippen LogP contribution >= 0.6 is 0 Å². The van der Waals surface area contributed by atoms with Crippen molar-refractivity contribution in [3.8, 4) is 0 Å². The van der Waals surface area contributed by atoms with E-state index < -0.39 is 23.1 Å². The van der Waals surface area contributed by atoms with Gasteiger partial charge in [-0.2, -0.15) is 10.1 Å². The quantitative estimate of drug-likeness (QED) is 0.513. The first-order chi connectivity index (χ1) is 13.1. The SMILES string of the molecule is O=C(Nc1nc(Nc2ccn[nH]2)c2ccccc2n1)c1c(F)cccc1F. The van der Waals surface area contributed by atoms with Crippen LogP contribution in [0.5, 0.6) is 0 Å². The van der Waals surface area contributed by atoms with E-state index in [0.717, 1.165) is 12.1 Å². The van der Waals surface area contributed by atoms with Crippen LogP contribution in [0.3, 0.4) is 0 Å². The van der Waals surface area contributed by atoms with Crippen LogP contribution in [-0.2, 0) is 0 Å². The van der Waals surface area contributed by atoms with Crippen molar-refractivity contribution in [2.45, 2.75) is 0 Å². The minimum absolute atomic E-state index is 0.0941. The van der Waals surface area contributed by atoms with E-state index in [2.05, 4.69) is 30.8 Å². The molecule has 27 heavy (non-hydrogen) atoms. The summed E-state index contributed by atoms with van der Waals surface area (Å²) in [7, 11) is 0. The van der Waals surface area contributed by atoms with Crippen LogP contribution < -0.4 is 10.6 Å². The Morgan fingerprint density at radius 2 is 1.74 bits per heavy atom. The fourth-order valence-electron chi connectivity index (χ4n) is 2.56. The summed E-state index contributed by atoms with van der Waals surface area (Å²) >= 11 is 0. The molecule has 2 heterocycles. The number of nitrogens with zero attached hydrogens (tertiary/aromatic N) is 3. The fraction of sp³-hybridized carbons (Fsp3) is 0. The maximum absolute atomic E-state index is 13.8. The molecular formula is C18H12F2N6O. The van der Waals surface area contributed by atoms with Crippen LogP contribution in [0, 0.1) is 11.6 Å². The average molecular weight is 366 g/mol. The number of amides is 1. The van der Waals surface area contributed by atoms with Gasteiger partial charge in [-0.15, -0.1) is 0 Å². The predicted octanol–water partition coefficient (Wildman–Crippen LogP) is 3.63. The Balaban J connectivity index is 1.73. The number of para-hydroxylation sites is 1. The number of aromatic nitrogens is 4. The lowest BCUT2D eigenvalue weighted by atomic mass is 10.2. The number of nitrogens with one attached hydrogen (secondary N) is 3. The van der Waals surface area contributed by atoms with Gasteiger partial charge in [0, 0.05) is 11.5 Å². The lowest BCUT2D eigenvalue weighted by Gasteiger charge is -2.11. The number of hydrogen-bond donors (Lipinski definition) is 3. The zero-order valence-corrected chi connectivity index (χ0v) is 13.7. The van der Waals surface area contributed by atoms with Gasteiger partial charge in [-0.1, -0.05) is 18.2 Å². The zero-order chi connectivity index (χ0) is 18.8. The Morgan fingerprint density at radius 1 is 0.963 bits per heavy atom. The van der Waals surface area contributed by atoms with E-state index in [1.807, 2.05) is 6.07 Å². The molecule has 0 saturated carbocycles. The number of benzene rings is 2. The molecule has 1 amide bonds. The Bertz CT molecular complexity index is 1110. The smallest absolute Gasteiger partial charge is 0.263 e. The second kappa shape index (κ2) is 6.79. The summed E-state index contributed by atoms with van der Waals surface area (Å²) < 4.78 is 27.6. The monoisotopic (exact) mass is 366 g/mol. The van der Waals surface area contributed by atoms with Crippen LogP contribution in [0.1, 0.15) is 10.4 Å². The van der Waals surface area contributed by atoms with Gasteiger partial charge in [0.25, 0.3) is 5.91 Å². The topological polar surface area (TPSA) is 95.6 Å². The number of fused-ring (bicyclic) bond motifs is 1. The van der Waals surface area contributed by atoms with Crippen LogP contribution in [0.25, 0.3) is 10.9 Å². The Morgan fingerprint density at radius 3 is 2.48 bits per heavy atom. The van der Waals surface area contributed by atoms with E-state index in [1.54, 1.807) is 30.5 Å². The van der Waals surface area contributed by atoms with Crippen molar-refractivity contribution in [1.29, 1.82) is 0 Å². The Kier molecular flexibility index (Phi) is 4.17. The third-order valence-corrected chi connectivity index (χ3v) is 3.77. The number of anilines is 3. The highest BCUT2D eigenvalue weighted by atomic mass is 19.1. The van der Waals surface area contributed by atoms with Crippen molar-refractivity contribution in [3.63, 3.8) is 0 Å². The van der Waals surface area contributed by atoms with Crippen LogP contribution in [0.15, 0.2) is 54.7 Å². The minimum atomic E-state index is -0.978. The molecule has 0 spiro atoms. The first kappa shape index (κ1) is 16.6. The summed E-state index contributed by atoms with van der Waals surface area (Å²) in [6.07, 6.45) is 1.56. The van der Waals surface area contributed by atoms with Gasteiger partial charge in [-0.3, -0.25) is 15.2 Å². The highest BCUT2D eigenvalue weighted by molar-refractivity contribution is 6.04.